The van der Waals surface area contributed by atoms with Crippen LogP contribution in [-0.4, -0.2) is 4.98 Å². The van der Waals surface area contributed by atoms with E-state index in [1.54, 1.807) is 0 Å². The van der Waals surface area contributed by atoms with Gasteiger partial charge in [-0.2, -0.15) is 0 Å². The van der Waals surface area contributed by atoms with E-state index in [1.165, 1.54) is 11.1 Å². The van der Waals surface area contributed by atoms with Crippen molar-refractivity contribution in [2.24, 2.45) is 0 Å². The van der Waals surface area contributed by atoms with E-state index in [1.807, 2.05) is 19.3 Å². The van der Waals surface area contributed by atoms with E-state index < -0.39 is 0 Å². The van der Waals surface area contributed by atoms with Crippen molar-refractivity contribution in [1.29, 1.82) is 0 Å². The predicted octanol–water partition coefficient (Wildman–Crippen LogP) is 2.51. The van der Waals surface area contributed by atoms with Gasteiger partial charge in [-0.25, -0.2) is 0 Å². The molecule has 0 aliphatic carbocycles. The minimum Gasteiger partial charge on any atom is -0.264 e. The highest BCUT2D eigenvalue weighted by Crippen LogP contribution is 2.02. The Bertz CT molecular complexity index is 251. The molecule has 58 valence electrons. The molecule has 1 aromatic rings. The predicted molar refractivity (Wildman–Crippen MR) is 47.5 cm³/mol. The van der Waals surface area contributed by atoms with Crippen LogP contribution in [0.15, 0.2) is 30.6 Å². The molecule has 0 aliphatic heterocycles. The Morgan fingerprint density at radius 3 is 2.91 bits per heavy atom. The van der Waals surface area contributed by atoms with Crippen molar-refractivity contribution in [3.63, 3.8) is 0 Å². The van der Waals surface area contributed by atoms with Gasteiger partial charge in [0.25, 0.3) is 0 Å². The summed E-state index contributed by atoms with van der Waals surface area (Å²) in [6, 6.07) is 2.16. The van der Waals surface area contributed by atoms with Gasteiger partial charge in [-0.05, 0) is 31.4 Å². The van der Waals surface area contributed by atoms with Crippen molar-refractivity contribution < 1.29 is 0 Å². The topological polar surface area (TPSA) is 12.9 Å². The number of aromatic nitrogens is 1. The van der Waals surface area contributed by atoms with Gasteiger partial charge in [-0.1, -0.05) is 18.2 Å². The number of allylic oxidation sites excluding steroid dienone is 2. The smallest absolute Gasteiger partial charge is 0.0303 e. The molecule has 0 aliphatic rings. The molecule has 0 fully saturated rings. The highest BCUT2D eigenvalue weighted by molar-refractivity contribution is 5.18. The van der Waals surface area contributed by atoms with Gasteiger partial charge in [0, 0.05) is 12.4 Å². The molecule has 1 nitrogen and oxygen atoms in total. The molecule has 0 radical (unpaired) electrons. The lowest BCUT2D eigenvalue weighted by Crippen LogP contribution is -1.84. The number of rotatable bonds is 2. The third-order valence-electron chi connectivity index (χ3n) is 1.52. The first-order valence-electron chi connectivity index (χ1n) is 3.84. The Balaban J connectivity index is 2.71. The second-order valence-corrected chi connectivity index (χ2v) is 2.64. The van der Waals surface area contributed by atoms with Gasteiger partial charge in [0.2, 0.25) is 0 Å². The molecule has 11 heavy (non-hydrogen) atoms. The summed E-state index contributed by atoms with van der Waals surface area (Å²) in [5, 5.41) is 0. The van der Waals surface area contributed by atoms with Crippen molar-refractivity contribution in [3.05, 3.63) is 41.7 Å². The van der Waals surface area contributed by atoms with Gasteiger partial charge in [-0.3, -0.25) is 4.98 Å². The van der Waals surface area contributed by atoms with Gasteiger partial charge >= 0.3 is 0 Å². The summed E-state index contributed by atoms with van der Waals surface area (Å²) in [5.74, 6) is 0. The molecule has 0 spiro atoms. The molecule has 0 amide bonds. The first kappa shape index (κ1) is 7.99. The van der Waals surface area contributed by atoms with Gasteiger partial charge < -0.3 is 0 Å². The number of pyridine rings is 1. The largest absolute Gasteiger partial charge is 0.264 e. The Morgan fingerprint density at radius 1 is 1.45 bits per heavy atom. The average Bonchev–Trinajstić information content (AvgIpc) is 2.01. The first-order chi connectivity index (χ1) is 5.33. The number of hydrogen-bond donors (Lipinski definition) is 0. The molecule has 0 bridgehead atoms. The second kappa shape index (κ2) is 3.91. The third kappa shape index (κ3) is 2.54. The first-order valence-corrected chi connectivity index (χ1v) is 3.84. The lowest BCUT2D eigenvalue weighted by Gasteiger charge is -1.95. The average molecular weight is 147 g/mol. The summed E-state index contributed by atoms with van der Waals surface area (Å²) in [6.07, 6.45) is 8.97. The molecule has 0 saturated heterocycles. The molecule has 1 heterocycles. The molecule has 0 saturated carbocycles. The third-order valence-corrected chi connectivity index (χ3v) is 1.52. The maximum absolute atomic E-state index is 4.10. The van der Waals surface area contributed by atoms with E-state index in [0.29, 0.717) is 0 Å². The molecule has 0 N–H and O–H groups in total. The van der Waals surface area contributed by atoms with Crippen molar-refractivity contribution >= 4 is 0 Å². The van der Waals surface area contributed by atoms with E-state index in [4.69, 9.17) is 0 Å². The maximum Gasteiger partial charge on any atom is 0.0303 e. The van der Waals surface area contributed by atoms with Crippen molar-refractivity contribution in [1.82, 2.24) is 4.98 Å². The summed E-state index contributed by atoms with van der Waals surface area (Å²) in [5.41, 5.74) is 2.51. The van der Waals surface area contributed by atoms with E-state index in [9.17, 15) is 0 Å². The van der Waals surface area contributed by atoms with Crippen LogP contribution in [0, 0.1) is 6.92 Å². The van der Waals surface area contributed by atoms with Crippen LogP contribution in [0.3, 0.4) is 0 Å². The SMILES string of the molecule is C/C=C/Cc1cncc(C)c1. The fourth-order valence-corrected chi connectivity index (χ4v) is 0.983. The summed E-state index contributed by atoms with van der Waals surface area (Å²) >= 11 is 0. The van der Waals surface area contributed by atoms with Crippen LogP contribution in [0.1, 0.15) is 18.1 Å². The summed E-state index contributed by atoms with van der Waals surface area (Å²) in [6.45, 7) is 4.09. The summed E-state index contributed by atoms with van der Waals surface area (Å²) in [4.78, 5) is 4.10. The zero-order chi connectivity index (χ0) is 8.10. The normalized spacial score (nSPS) is 10.7. The Kier molecular flexibility index (Phi) is 2.84. The van der Waals surface area contributed by atoms with Crippen LogP contribution in [-0.2, 0) is 6.42 Å². The lowest BCUT2D eigenvalue weighted by molar-refractivity contribution is 1.16. The summed E-state index contributed by atoms with van der Waals surface area (Å²) in [7, 11) is 0. The standard InChI is InChI=1S/C10H13N/c1-3-4-5-10-6-9(2)7-11-8-10/h3-4,6-8H,5H2,1-2H3/b4-3+. The molecule has 1 heteroatoms. The molecule has 1 rings (SSSR count). The van der Waals surface area contributed by atoms with Crippen LogP contribution >= 0.6 is 0 Å². The van der Waals surface area contributed by atoms with Crippen molar-refractivity contribution in [2.45, 2.75) is 20.3 Å². The van der Waals surface area contributed by atoms with Gasteiger partial charge in [0.1, 0.15) is 0 Å². The minimum absolute atomic E-state index is 0.991. The van der Waals surface area contributed by atoms with E-state index in [2.05, 4.69) is 30.1 Å². The van der Waals surface area contributed by atoms with Crippen molar-refractivity contribution in [2.75, 3.05) is 0 Å². The number of aryl methyl sites for hydroxylation is 1. The minimum atomic E-state index is 0.991. The van der Waals surface area contributed by atoms with E-state index in [0.717, 1.165) is 6.42 Å². The fourth-order valence-electron chi connectivity index (χ4n) is 0.983. The van der Waals surface area contributed by atoms with E-state index in [-0.39, 0.29) is 0 Å². The van der Waals surface area contributed by atoms with Gasteiger partial charge in [0.05, 0.1) is 0 Å². The molecular weight excluding hydrogens is 134 g/mol. The van der Waals surface area contributed by atoms with Crippen LogP contribution in [0.2, 0.25) is 0 Å². The molecule has 0 atom stereocenters. The quantitative estimate of drug-likeness (QED) is 0.586. The highest BCUT2D eigenvalue weighted by Gasteiger charge is 1.89. The lowest BCUT2D eigenvalue weighted by atomic mass is 10.1. The Morgan fingerprint density at radius 2 is 2.27 bits per heavy atom. The van der Waals surface area contributed by atoms with Gasteiger partial charge in [-0.15, -0.1) is 0 Å². The summed E-state index contributed by atoms with van der Waals surface area (Å²) < 4.78 is 0. The number of nitrogens with zero attached hydrogens (tertiary/aromatic N) is 1. The van der Waals surface area contributed by atoms with Crippen LogP contribution in [0.25, 0.3) is 0 Å². The van der Waals surface area contributed by atoms with Crippen molar-refractivity contribution in [3.8, 4) is 0 Å². The molecule has 1 aromatic heterocycles. The van der Waals surface area contributed by atoms with Crippen LogP contribution in [0.5, 0.6) is 0 Å². The zero-order valence-corrected chi connectivity index (χ0v) is 7.04. The van der Waals surface area contributed by atoms with Gasteiger partial charge in [0.15, 0.2) is 0 Å². The Hall–Kier alpha value is -1.11. The number of hydrogen-bond acceptors (Lipinski definition) is 1. The van der Waals surface area contributed by atoms with E-state index >= 15 is 0 Å². The monoisotopic (exact) mass is 147 g/mol. The second-order valence-electron chi connectivity index (χ2n) is 2.64. The molecular formula is C10H13N. The maximum atomic E-state index is 4.10. The van der Waals surface area contributed by atoms with Crippen LogP contribution < -0.4 is 0 Å². The Labute approximate surface area is 67.8 Å². The van der Waals surface area contributed by atoms with Crippen LogP contribution in [0.4, 0.5) is 0 Å². The fraction of sp³-hybridized carbons (Fsp3) is 0.300. The zero-order valence-electron chi connectivity index (χ0n) is 7.04. The highest BCUT2D eigenvalue weighted by atomic mass is 14.6. The molecule has 0 unspecified atom stereocenters. The molecule has 0 aromatic carbocycles.